The first-order chi connectivity index (χ1) is 26.0. The van der Waals surface area contributed by atoms with Crippen molar-refractivity contribution in [3.8, 4) is 11.8 Å². The summed E-state index contributed by atoms with van der Waals surface area (Å²) in [5.74, 6) is 1.76. The van der Waals surface area contributed by atoms with Crippen molar-refractivity contribution in [1.82, 2.24) is 19.8 Å². The number of aromatic nitrogens is 2. The van der Waals surface area contributed by atoms with E-state index in [4.69, 9.17) is 24.2 Å². The van der Waals surface area contributed by atoms with Gasteiger partial charge in [0.1, 0.15) is 30.9 Å². The van der Waals surface area contributed by atoms with Gasteiger partial charge in [0, 0.05) is 61.5 Å². The summed E-state index contributed by atoms with van der Waals surface area (Å²) >= 11 is 0. The van der Waals surface area contributed by atoms with E-state index in [0.29, 0.717) is 51.4 Å². The number of hydrogen-bond acceptors (Lipinski definition) is 9. The Balaban J connectivity index is 1.04. The van der Waals surface area contributed by atoms with Gasteiger partial charge in [-0.3, -0.25) is 4.90 Å². The molecule has 0 N–H and O–H groups in total. The van der Waals surface area contributed by atoms with Crippen LogP contribution in [0.25, 0.3) is 10.8 Å². The third kappa shape index (κ3) is 7.88. The lowest BCUT2D eigenvalue weighted by molar-refractivity contribution is 0.0939. The number of carbonyl (C=O) groups is 1. The minimum atomic E-state index is -0.283. The number of carbonyl (C=O) groups excluding carboxylic acids is 1. The second kappa shape index (κ2) is 15.7. The molecule has 2 saturated heterocycles. The molecule has 53 heavy (non-hydrogen) atoms. The van der Waals surface area contributed by atoms with Crippen LogP contribution >= 0.6 is 0 Å². The average molecular weight is 713 g/mol. The van der Waals surface area contributed by atoms with Gasteiger partial charge in [-0.1, -0.05) is 84.9 Å². The number of likely N-dealkylation sites (N-methyl/N-ethyl adjacent to an activating group) is 1. The molecular formula is C43H48N6O4. The Bertz CT molecular complexity index is 2020. The maximum Gasteiger partial charge on any atom is 0.410 e. The third-order valence-electron chi connectivity index (χ3n) is 10.9. The number of ether oxygens (including phenoxy) is 3. The Morgan fingerprint density at radius 3 is 2.26 bits per heavy atom. The molecule has 0 bridgehead atoms. The molecule has 1 aromatic heterocycles. The Morgan fingerprint density at radius 2 is 1.53 bits per heavy atom. The molecule has 4 aromatic carbocycles. The molecule has 3 aliphatic heterocycles. The summed E-state index contributed by atoms with van der Waals surface area (Å²) in [6.07, 6.45) is 2.72. The van der Waals surface area contributed by atoms with Crippen LogP contribution in [0.1, 0.15) is 42.1 Å². The van der Waals surface area contributed by atoms with Crippen LogP contribution in [0, 0.1) is 0 Å². The maximum atomic E-state index is 13.0. The highest BCUT2D eigenvalue weighted by Crippen LogP contribution is 2.37. The number of likely N-dealkylation sites (tertiary alicyclic amines) is 1. The summed E-state index contributed by atoms with van der Waals surface area (Å²) in [5, 5.41) is 2.32. The van der Waals surface area contributed by atoms with Crippen molar-refractivity contribution in [3.63, 3.8) is 0 Å². The van der Waals surface area contributed by atoms with Gasteiger partial charge >= 0.3 is 12.1 Å². The number of rotatable bonds is 10. The highest BCUT2D eigenvalue weighted by Gasteiger charge is 2.32. The van der Waals surface area contributed by atoms with E-state index in [2.05, 4.69) is 77.2 Å². The summed E-state index contributed by atoms with van der Waals surface area (Å²) < 4.78 is 18.6. The smallest absolute Gasteiger partial charge is 0.410 e. The zero-order valence-corrected chi connectivity index (χ0v) is 30.7. The second-order valence-corrected chi connectivity index (χ2v) is 14.4. The molecule has 4 heterocycles. The summed E-state index contributed by atoms with van der Waals surface area (Å²) in [6.45, 7) is 7.82. The zero-order chi connectivity index (χ0) is 36.1. The first-order valence-corrected chi connectivity index (χ1v) is 18.9. The van der Waals surface area contributed by atoms with Gasteiger partial charge in [-0.2, -0.15) is 9.97 Å². The molecule has 8 rings (SSSR count). The van der Waals surface area contributed by atoms with Crippen LogP contribution in [-0.2, 0) is 30.9 Å². The summed E-state index contributed by atoms with van der Waals surface area (Å²) in [5.41, 5.74) is 5.37. The van der Waals surface area contributed by atoms with E-state index >= 15 is 0 Å². The van der Waals surface area contributed by atoms with Gasteiger partial charge in [-0.15, -0.1) is 0 Å². The number of hydrogen-bond donors (Lipinski definition) is 0. The minimum Gasteiger partial charge on any atom is -0.489 e. The van der Waals surface area contributed by atoms with Crippen LogP contribution < -0.4 is 19.3 Å². The van der Waals surface area contributed by atoms with Crippen molar-refractivity contribution < 1.29 is 19.0 Å². The molecule has 1 unspecified atom stereocenters. The predicted molar refractivity (Wildman–Crippen MR) is 208 cm³/mol. The molecule has 0 aliphatic carbocycles. The maximum absolute atomic E-state index is 13.0. The molecule has 10 nitrogen and oxygen atoms in total. The Labute approximate surface area is 311 Å². The highest BCUT2D eigenvalue weighted by molar-refractivity contribution is 5.96. The standard InChI is InChI=1S/C43H48N6O4/c1-31(39-18-11-20-46(39)2)53-42-44-38-28-49(40-27-35(26-34-16-9-10-17-36(34)40)51-29-32-12-5-3-6-13-32)21-19-37(38)41(45-42)47-22-24-48(25-23-47)43(50)52-30-33-14-7-4-8-15-33/h3-10,12-17,26-27,31,39H,11,18-25,28-30H2,1-2H3/t31?,39-/m1/s1. The molecule has 10 heteroatoms. The molecule has 2 atom stereocenters. The van der Waals surface area contributed by atoms with E-state index in [9.17, 15) is 4.79 Å². The SMILES string of the molecule is CC(Oc1nc2c(c(N3CCN(C(=O)OCc4ccccc4)CC3)n1)CCN(c1cc(OCc3ccccc3)cc3ccccc13)C2)[C@H]1CCCN1C. The van der Waals surface area contributed by atoms with Crippen molar-refractivity contribution in [1.29, 1.82) is 0 Å². The number of amides is 1. The van der Waals surface area contributed by atoms with E-state index in [1.807, 2.05) is 48.5 Å². The largest absolute Gasteiger partial charge is 0.489 e. The molecule has 274 valence electrons. The van der Waals surface area contributed by atoms with Gasteiger partial charge in [0.2, 0.25) is 0 Å². The predicted octanol–water partition coefficient (Wildman–Crippen LogP) is 7.09. The van der Waals surface area contributed by atoms with Crippen LogP contribution in [0.4, 0.5) is 16.3 Å². The van der Waals surface area contributed by atoms with Gasteiger partial charge in [-0.05, 0) is 62.4 Å². The lowest BCUT2D eigenvalue weighted by Gasteiger charge is -2.38. The Hall–Kier alpha value is -5.35. The van der Waals surface area contributed by atoms with Crippen molar-refractivity contribution >= 4 is 28.4 Å². The highest BCUT2D eigenvalue weighted by atomic mass is 16.6. The summed E-state index contributed by atoms with van der Waals surface area (Å²) in [7, 11) is 2.17. The first kappa shape index (κ1) is 34.7. The number of nitrogens with zero attached hydrogens (tertiary/aromatic N) is 6. The summed E-state index contributed by atoms with van der Waals surface area (Å²) in [6, 6.07) is 33.6. The minimum absolute atomic E-state index is 0.0493. The quantitative estimate of drug-likeness (QED) is 0.151. The van der Waals surface area contributed by atoms with Crippen LogP contribution in [0.15, 0.2) is 97.1 Å². The van der Waals surface area contributed by atoms with E-state index < -0.39 is 0 Å². The van der Waals surface area contributed by atoms with E-state index in [-0.39, 0.29) is 18.8 Å². The van der Waals surface area contributed by atoms with E-state index in [0.717, 1.165) is 71.0 Å². The molecule has 2 fully saturated rings. The lowest BCUT2D eigenvalue weighted by atomic mass is 10.0. The van der Waals surface area contributed by atoms with Crippen LogP contribution in [-0.4, -0.2) is 84.3 Å². The molecule has 1 amide bonds. The van der Waals surface area contributed by atoms with Crippen LogP contribution in [0.3, 0.4) is 0 Å². The molecular weight excluding hydrogens is 665 g/mol. The zero-order valence-electron chi connectivity index (χ0n) is 30.7. The topological polar surface area (TPSA) is 83.5 Å². The molecule has 5 aromatic rings. The number of benzene rings is 4. The average Bonchev–Trinajstić information content (AvgIpc) is 3.65. The Kier molecular flexibility index (Phi) is 10.3. The molecule has 3 aliphatic rings. The van der Waals surface area contributed by atoms with E-state index in [1.54, 1.807) is 4.90 Å². The fraction of sp³-hybridized carbons (Fsp3) is 0.372. The van der Waals surface area contributed by atoms with Crippen molar-refractivity contribution in [2.75, 3.05) is 56.1 Å². The molecule has 0 radical (unpaired) electrons. The molecule has 0 saturated carbocycles. The fourth-order valence-electron chi connectivity index (χ4n) is 7.94. The number of piperazine rings is 1. The monoisotopic (exact) mass is 712 g/mol. The second-order valence-electron chi connectivity index (χ2n) is 14.4. The Morgan fingerprint density at radius 1 is 0.811 bits per heavy atom. The van der Waals surface area contributed by atoms with Gasteiger partial charge in [0.05, 0.1) is 12.2 Å². The van der Waals surface area contributed by atoms with E-state index in [1.165, 1.54) is 11.8 Å². The van der Waals surface area contributed by atoms with Crippen molar-refractivity contribution in [3.05, 3.63) is 119 Å². The van der Waals surface area contributed by atoms with Crippen molar-refractivity contribution in [2.45, 2.75) is 58.1 Å². The van der Waals surface area contributed by atoms with Crippen LogP contribution in [0.5, 0.6) is 11.8 Å². The first-order valence-electron chi connectivity index (χ1n) is 18.9. The van der Waals surface area contributed by atoms with Crippen molar-refractivity contribution in [2.24, 2.45) is 0 Å². The van der Waals surface area contributed by atoms with Gasteiger partial charge in [0.15, 0.2) is 0 Å². The summed E-state index contributed by atoms with van der Waals surface area (Å²) in [4.78, 5) is 32.1. The lowest BCUT2D eigenvalue weighted by Crippen LogP contribution is -2.49. The molecule has 0 spiro atoms. The number of fused-ring (bicyclic) bond motifs is 2. The van der Waals surface area contributed by atoms with Gasteiger partial charge in [0.25, 0.3) is 0 Å². The van der Waals surface area contributed by atoms with Gasteiger partial charge < -0.3 is 28.9 Å². The number of anilines is 2. The van der Waals surface area contributed by atoms with Gasteiger partial charge in [-0.25, -0.2) is 4.79 Å². The van der Waals surface area contributed by atoms with Crippen LogP contribution in [0.2, 0.25) is 0 Å². The third-order valence-corrected chi connectivity index (χ3v) is 10.9. The normalized spacial score (nSPS) is 18.2. The fourth-order valence-corrected chi connectivity index (χ4v) is 7.94.